The van der Waals surface area contributed by atoms with Crippen LogP contribution in [0.4, 0.5) is 5.69 Å². The minimum absolute atomic E-state index is 0.624. The number of hydrogen-bond donors (Lipinski definition) is 0. The van der Waals surface area contributed by atoms with Crippen molar-refractivity contribution in [3.05, 3.63) is 43.0 Å². The largest absolute Gasteiger partial charge is 0.359 e. The van der Waals surface area contributed by atoms with Crippen LogP contribution in [0.25, 0.3) is 0 Å². The summed E-state index contributed by atoms with van der Waals surface area (Å²) in [5.74, 6) is -0.625. The zero-order chi connectivity index (χ0) is 9.52. The lowest BCUT2D eigenvalue weighted by atomic mass is 10.3. The van der Waals surface area contributed by atoms with Crippen LogP contribution in [0.2, 0.25) is 0 Å². The van der Waals surface area contributed by atoms with Gasteiger partial charge >= 0.3 is 5.97 Å². The normalized spacial score (nSPS) is 9.85. The number of rotatable bonds is 3. The van der Waals surface area contributed by atoms with Crippen LogP contribution in [0.15, 0.2) is 53.4 Å². The monoisotopic (exact) mass is 176 g/mol. The third-order valence-corrected chi connectivity index (χ3v) is 1.21. The van der Waals surface area contributed by atoms with E-state index in [0.717, 1.165) is 6.08 Å². The molecule has 0 bridgehead atoms. The molecule has 0 amide bonds. The molecule has 1 aromatic rings. The molecule has 0 aliphatic heterocycles. The van der Waals surface area contributed by atoms with Gasteiger partial charge in [-0.3, -0.25) is 4.84 Å². The Hall–Kier alpha value is -1.97. The van der Waals surface area contributed by atoms with Gasteiger partial charge in [0, 0.05) is 11.4 Å². The molecule has 0 spiro atoms. The van der Waals surface area contributed by atoms with E-state index in [9.17, 15) is 4.79 Å². The topological polar surface area (TPSA) is 51.0 Å². The first-order valence-electron chi connectivity index (χ1n) is 3.62. The van der Waals surface area contributed by atoms with Gasteiger partial charge in [0.05, 0.1) is 5.69 Å². The average Bonchev–Trinajstić information content (AvgIpc) is 2.19. The summed E-state index contributed by atoms with van der Waals surface area (Å²) in [5, 5.41) is 6.84. The summed E-state index contributed by atoms with van der Waals surface area (Å²) >= 11 is 0. The summed E-state index contributed by atoms with van der Waals surface area (Å²) in [6, 6.07) is 8.96. The molecule has 0 saturated heterocycles. The predicted octanol–water partition coefficient (Wildman–Crippen LogP) is 2.41. The van der Waals surface area contributed by atoms with Crippen molar-refractivity contribution >= 4 is 11.7 Å². The predicted molar refractivity (Wildman–Crippen MR) is 47.2 cm³/mol. The molecular formula is C9H8N2O2. The summed E-state index contributed by atoms with van der Waals surface area (Å²) in [6.45, 7) is 3.21. The molecule has 0 N–H and O–H groups in total. The van der Waals surface area contributed by atoms with E-state index in [1.54, 1.807) is 12.1 Å². The van der Waals surface area contributed by atoms with Gasteiger partial charge in [0.15, 0.2) is 0 Å². The first kappa shape index (κ1) is 9.12. The summed E-state index contributed by atoms with van der Waals surface area (Å²) < 4.78 is 0. The van der Waals surface area contributed by atoms with Gasteiger partial charge in [-0.25, -0.2) is 4.79 Å². The van der Waals surface area contributed by atoms with E-state index >= 15 is 0 Å². The number of benzene rings is 1. The van der Waals surface area contributed by atoms with E-state index in [1.165, 1.54) is 0 Å². The highest BCUT2D eigenvalue weighted by atomic mass is 16.7. The van der Waals surface area contributed by atoms with Crippen LogP contribution >= 0.6 is 0 Å². The molecule has 0 unspecified atom stereocenters. The van der Waals surface area contributed by atoms with E-state index in [2.05, 4.69) is 21.8 Å². The lowest BCUT2D eigenvalue weighted by Gasteiger charge is -1.89. The third-order valence-electron chi connectivity index (χ3n) is 1.21. The minimum atomic E-state index is -0.625. The Morgan fingerprint density at radius 2 is 2.08 bits per heavy atom. The Bertz CT molecular complexity index is 320. The number of carbonyl (C=O) groups is 1. The Morgan fingerprint density at radius 1 is 1.38 bits per heavy atom. The van der Waals surface area contributed by atoms with Gasteiger partial charge in [-0.1, -0.05) is 24.8 Å². The van der Waals surface area contributed by atoms with Crippen LogP contribution < -0.4 is 0 Å². The molecule has 0 atom stereocenters. The van der Waals surface area contributed by atoms with E-state index in [-0.39, 0.29) is 0 Å². The fraction of sp³-hybridized carbons (Fsp3) is 0. The van der Waals surface area contributed by atoms with Crippen molar-refractivity contribution in [2.24, 2.45) is 10.4 Å². The Labute approximate surface area is 75.5 Å². The Balaban J connectivity index is 2.50. The molecule has 1 aromatic carbocycles. The van der Waals surface area contributed by atoms with Crippen LogP contribution in [0.3, 0.4) is 0 Å². The van der Waals surface area contributed by atoms with Gasteiger partial charge in [-0.15, -0.1) is 5.11 Å². The van der Waals surface area contributed by atoms with Gasteiger partial charge in [-0.2, -0.15) is 0 Å². The molecule has 0 aliphatic carbocycles. The summed E-state index contributed by atoms with van der Waals surface area (Å²) in [6.07, 6.45) is 1.02. The van der Waals surface area contributed by atoms with Crippen LogP contribution in [0.1, 0.15) is 0 Å². The SMILES string of the molecule is C=CC(=O)ON=Nc1ccccc1. The molecule has 66 valence electrons. The zero-order valence-electron chi connectivity index (χ0n) is 6.88. The molecule has 4 nitrogen and oxygen atoms in total. The highest BCUT2D eigenvalue weighted by Gasteiger charge is 1.91. The number of hydrogen-bond acceptors (Lipinski definition) is 4. The summed E-state index contributed by atoms with van der Waals surface area (Å²) in [5.41, 5.74) is 0.624. The van der Waals surface area contributed by atoms with Crippen molar-refractivity contribution in [3.63, 3.8) is 0 Å². The maximum absolute atomic E-state index is 10.5. The van der Waals surface area contributed by atoms with Crippen molar-refractivity contribution in [2.45, 2.75) is 0 Å². The second-order valence-corrected chi connectivity index (χ2v) is 2.13. The second kappa shape index (κ2) is 4.82. The van der Waals surface area contributed by atoms with Crippen molar-refractivity contribution in [1.29, 1.82) is 0 Å². The van der Waals surface area contributed by atoms with Crippen molar-refractivity contribution < 1.29 is 9.63 Å². The van der Waals surface area contributed by atoms with Gasteiger partial charge in [-0.05, 0) is 12.1 Å². The van der Waals surface area contributed by atoms with Crippen LogP contribution in [-0.4, -0.2) is 5.97 Å². The molecule has 1 rings (SSSR count). The van der Waals surface area contributed by atoms with Crippen molar-refractivity contribution in [1.82, 2.24) is 0 Å². The van der Waals surface area contributed by atoms with Gasteiger partial charge in [0.2, 0.25) is 0 Å². The van der Waals surface area contributed by atoms with Gasteiger partial charge in [0.1, 0.15) is 0 Å². The smallest absolute Gasteiger partial charge is 0.295 e. The number of nitrogens with zero attached hydrogens (tertiary/aromatic N) is 2. The first-order chi connectivity index (χ1) is 6.33. The molecule has 0 aliphatic rings. The molecular weight excluding hydrogens is 168 g/mol. The average molecular weight is 176 g/mol. The summed E-state index contributed by atoms with van der Waals surface area (Å²) in [4.78, 5) is 14.8. The van der Waals surface area contributed by atoms with Crippen LogP contribution in [0.5, 0.6) is 0 Å². The third kappa shape index (κ3) is 3.29. The molecule has 0 fully saturated rings. The molecule has 13 heavy (non-hydrogen) atoms. The first-order valence-corrected chi connectivity index (χ1v) is 3.62. The lowest BCUT2D eigenvalue weighted by Crippen LogP contribution is -1.90. The van der Waals surface area contributed by atoms with E-state index in [0.29, 0.717) is 5.69 Å². The number of carbonyl (C=O) groups excluding carboxylic acids is 1. The molecule has 4 heteroatoms. The van der Waals surface area contributed by atoms with Crippen molar-refractivity contribution in [3.8, 4) is 0 Å². The maximum Gasteiger partial charge on any atom is 0.359 e. The van der Waals surface area contributed by atoms with Crippen LogP contribution in [-0.2, 0) is 9.63 Å². The van der Waals surface area contributed by atoms with E-state index < -0.39 is 5.97 Å². The fourth-order valence-electron chi connectivity index (χ4n) is 0.640. The highest BCUT2D eigenvalue weighted by molar-refractivity contribution is 5.80. The molecule has 0 radical (unpaired) electrons. The van der Waals surface area contributed by atoms with Gasteiger partial charge < -0.3 is 0 Å². The molecule has 0 heterocycles. The highest BCUT2D eigenvalue weighted by Crippen LogP contribution is 2.09. The minimum Gasteiger partial charge on any atom is -0.295 e. The van der Waals surface area contributed by atoms with E-state index in [1.807, 2.05) is 18.2 Å². The molecule has 0 saturated carbocycles. The quantitative estimate of drug-likeness (QED) is 0.403. The zero-order valence-corrected chi connectivity index (χ0v) is 6.88. The fourth-order valence-corrected chi connectivity index (χ4v) is 0.640. The van der Waals surface area contributed by atoms with Crippen molar-refractivity contribution in [2.75, 3.05) is 0 Å². The Kier molecular flexibility index (Phi) is 3.38. The molecule has 0 aromatic heterocycles. The Morgan fingerprint density at radius 3 is 2.69 bits per heavy atom. The lowest BCUT2D eigenvalue weighted by molar-refractivity contribution is -0.138. The second-order valence-electron chi connectivity index (χ2n) is 2.13. The standard InChI is InChI=1S/C9H8N2O2/c1-2-9(12)13-11-10-8-6-4-3-5-7-8/h2-7H,1H2. The van der Waals surface area contributed by atoms with Gasteiger partial charge in [0.25, 0.3) is 0 Å². The maximum atomic E-state index is 10.5. The van der Waals surface area contributed by atoms with E-state index in [4.69, 9.17) is 0 Å². The van der Waals surface area contributed by atoms with Crippen LogP contribution in [0, 0.1) is 0 Å². The summed E-state index contributed by atoms with van der Waals surface area (Å²) in [7, 11) is 0.